The minimum Gasteiger partial charge on any atom is -0.490 e. The molecule has 1 aromatic rings. The second-order valence-electron chi connectivity index (χ2n) is 4.80. The van der Waals surface area contributed by atoms with Gasteiger partial charge in [0.25, 0.3) is 5.91 Å². The number of rotatable bonds is 6. The summed E-state index contributed by atoms with van der Waals surface area (Å²) < 4.78 is 11.0. The van der Waals surface area contributed by atoms with Crippen molar-refractivity contribution >= 4 is 23.7 Å². The van der Waals surface area contributed by atoms with Crippen LogP contribution in [0.25, 0.3) is 0 Å². The molecule has 1 aliphatic rings. The Balaban J connectivity index is 2.48. The Labute approximate surface area is 122 Å². The Bertz CT molecular complexity index is 582. The lowest BCUT2D eigenvalue weighted by atomic mass is 10.1. The monoisotopic (exact) mass is 291 g/mol. The van der Waals surface area contributed by atoms with E-state index in [0.29, 0.717) is 35.6 Å². The van der Waals surface area contributed by atoms with Crippen LogP contribution in [-0.2, 0) is 9.59 Å². The minimum atomic E-state index is -0.317. The summed E-state index contributed by atoms with van der Waals surface area (Å²) in [6, 6.07) is 3.10. The van der Waals surface area contributed by atoms with Gasteiger partial charge in [0.15, 0.2) is 18.1 Å². The van der Waals surface area contributed by atoms with E-state index in [1.165, 1.54) is 17.9 Å². The van der Waals surface area contributed by atoms with Gasteiger partial charge in [-0.2, -0.15) is 0 Å². The fourth-order valence-corrected chi connectivity index (χ4v) is 2.08. The topological polar surface area (TPSA) is 72.9 Å². The zero-order chi connectivity index (χ0) is 15.4. The third-order valence-corrected chi connectivity index (χ3v) is 2.97. The van der Waals surface area contributed by atoms with Crippen LogP contribution in [0.15, 0.2) is 12.1 Å². The van der Waals surface area contributed by atoms with Crippen LogP contribution in [0, 0.1) is 0 Å². The van der Waals surface area contributed by atoms with Gasteiger partial charge in [0.2, 0.25) is 0 Å². The highest BCUT2D eigenvalue weighted by molar-refractivity contribution is 6.03. The average Bonchev–Trinajstić information content (AvgIpc) is 2.47. The Hall–Kier alpha value is -2.37. The average molecular weight is 291 g/mol. The summed E-state index contributed by atoms with van der Waals surface area (Å²) in [7, 11) is 0. The minimum absolute atomic E-state index is 0.0509. The van der Waals surface area contributed by atoms with E-state index in [2.05, 4.69) is 0 Å². The largest absolute Gasteiger partial charge is 0.490 e. The molecule has 2 rings (SSSR count). The molecule has 0 aliphatic carbocycles. The van der Waals surface area contributed by atoms with E-state index in [0.717, 1.165) is 6.42 Å². The van der Waals surface area contributed by atoms with E-state index < -0.39 is 0 Å². The Morgan fingerprint density at radius 2 is 2.24 bits per heavy atom. The van der Waals surface area contributed by atoms with Gasteiger partial charge < -0.3 is 9.47 Å². The summed E-state index contributed by atoms with van der Waals surface area (Å²) in [5.74, 6) is 0.346. The van der Waals surface area contributed by atoms with Crippen molar-refractivity contribution < 1.29 is 23.9 Å². The van der Waals surface area contributed by atoms with E-state index >= 15 is 0 Å². The maximum absolute atomic E-state index is 11.9. The van der Waals surface area contributed by atoms with Crippen molar-refractivity contribution in [2.45, 2.75) is 20.3 Å². The Kier molecular flexibility index (Phi) is 4.57. The number of carbonyl (C=O) groups is 3. The number of Topliss-reactive ketones (excluding diaryl/α,β-unsaturated/α-hetero) is 1. The predicted octanol–water partition coefficient (Wildman–Crippen LogP) is 1.60. The summed E-state index contributed by atoms with van der Waals surface area (Å²) in [5.41, 5.74) is 0.767. The zero-order valence-corrected chi connectivity index (χ0v) is 12.0. The van der Waals surface area contributed by atoms with E-state index in [9.17, 15) is 14.4 Å². The molecule has 6 heteroatoms. The van der Waals surface area contributed by atoms with Crippen molar-refractivity contribution in [3.05, 3.63) is 17.7 Å². The molecular formula is C15H17NO5. The molecule has 112 valence electrons. The first kappa shape index (κ1) is 15.0. The first-order valence-electron chi connectivity index (χ1n) is 6.75. The van der Waals surface area contributed by atoms with E-state index in [4.69, 9.17) is 9.47 Å². The van der Waals surface area contributed by atoms with Crippen molar-refractivity contribution in [1.29, 1.82) is 0 Å². The van der Waals surface area contributed by atoms with Crippen LogP contribution < -0.4 is 14.4 Å². The number of anilines is 1. The van der Waals surface area contributed by atoms with Crippen LogP contribution in [-0.4, -0.2) is 37.7 Å². The van der Waals surface area contributed by atoms with Crippen molar-refractivity contribution in [2.75, 3.05) is 24.7 Å². The van der Waals surface area contributed by atoms with Crippen LogP contribution in [0.4, 0.5) is 5.69 Å². The number of nitrogens with zero attached hydrogens (tertiary/aromatic N) is 1. The fourth-order valence-electron chi connectivity index (χ4n) is 2.08. The lowest BCUT2D eigenvalue weighted by Crippen LogP contribution is -2.41. The SMILES string of the molecule is CCCOc1cc(C=O)cc2c1OCC(=O)N2CC(C)=O. The fraction of sp³-hybridized carbons (Fsp3) is 0.400. The van der Waals surface area contributed by atoms with Crippen LogP contribution >= 0.6 is 0 Å². The summed E-state index contributed by atoms with van der Waals surface area (Å²) in [5, 5.41) is 0. The van der Waals surface area contributed by atoms with Gasteiger partial charge in [-0.15, -0.1) is 0 Å². The smallest absolute Gasteiger partial charge is 0.265 e. The molecule has 0 saturated heterocycles. The normalized spacial score (nSPS) is 13.4. The molecule has 0 fully saturated rings. The maximum atomic E-state index is 11.9. The number of hydrogen-bond donors (Lipinski definition) is 0. The maximum Gasteiger partial charge on any atom is 0.265 e. The molecule has 0 saturated carbocycles. The van der Waals surface area contributed by atoms with Crippen LogP contribution in [0.3, 0.4) is 0 Å². The van der Waals surface area contributed by atoms with Crippen LogP contribution in [0.2, 0.25) is 0 Å². The molecular weight excluding hydrogens is 274 g/mol. The molecule has 0 aromatic heterocycles. The number of carbonyl (C=O) groups excluding carboxylic acids is 3. The highest BCUT2D eigenvalue weighted by Crippen LogP contribution is 2.41. The van der Waals surface area contributed by atoms with Gasteiger partial charge in [0.1, 0.15) is 12.1 Å². The summed E-state index contributed by atoms with van der Waals surface area (Å²) >= 11 is 0. The van der Waals surface area contributed by atoms with Gasteiger partial charge in [0.05, 0.1) is 18.8 Å². The third kappa shape index (κ3) is 3.21. The predicted molar refractivity (Wildman–Crippen MR) is 76.1 cm³/mol. The van der Waals surface area contributed by atoms with Gasteiger partial charge in [-0.25, -0.2) is 0 Å². The summed E-state index contributed by atoms with van der Waals surface area (Å²) in [4.78, 5) is 35.7. The van der Waals surface area contributed by atoms with Gasteiger partial charge >= 0.3 is 0 Å². The van der Waals surface area contributed by atoms with Gasteiger partial charge in [-0.3, -0.25) is 19.3 Å². The molecule has 21 heavy (non-hydrogen) atoms. The Morgan fingerprint density at radius 1 is 1.48 bits per heavy atom. The van der Waals surface area contributed by atoms with Crippen molar-refractivity contribution in [2.24, 2.45) is 0 Å². The molecule has 0 N–H and O–H groups in total. The summed E-state index contributed by atoms with van der Waals surface area (Å²) in [6.07, 6.45) is 1.47. The van der Waals surface area contributed by atoms with Crippen molar-refractivity contribution in [3.63, 3.8) is 0 Å². The molecule has 0 radical (unpaired) electrons. The lowest BCUT2D eigenvalue weighted by molar-refractivity contribution is -0.124. The van der Waals surface area contributed by atoms with E-state index in [1.54, 1.807) is 6.07 Å². The number of aldehydes is 1. The molecule has 6 nitrogen and oxygen atoms in total. The van der Waals surface area contributed by atoms with E-state index in [1.807, 2.05) is 6.92 Å². The second-order valence-corrected chi connectivity index (χ2v) is 4.80. The van der Waals surface area contributed by atoms with Crippen LogP contribution in [0.1, 0.15) is 30.6 Å². The molecule has 0 atom stereocenters. The molecule has 0 bridgehead atoms. The number of amides is 1. The number of fused-ring (bicyclic) bond motifs is 1. The second kappa shape index (κ2) is 6.39. The van der Waals surface area contributed by atoms with Gasteiger partial charge in [0, 0.05) is 5.56 Å². The molecule has 0 unspecified atom stereocenters. The molecule has 1 aromatic carbocycles. The van der Waals surface area contributed by atoms with E-state index in [-0.39, 0.29) is 24.8 Å². The first-order valence-corrected chi connectivity index (χ1v) is 6.75. The lowest BCUT2D eigenvalue weighted by Gasteiger charge is -2.30. The van der Waals surface area contributed by atoms with Gasteiger partial charge in [-0.1, -0.05) is 6.92 Å². The molecule has 0 spiro atoms. The number of hydrogen-bond acceptors (Lipinski definition) is 5. The van der Waals surface area contributed by atoms with Gasteiger partial charge in [-0.05, 0) is 25.5 Å². The quantitative estimate of drug-likeness (QED) is 0.744. The highest BCUT2D eigenvalue weighted by Gasteiger charge is 2.29. The first-order chi connectivity index (χ1) is 10.1. The standard InChI is InChI=1S/C15H17NO5/c1-3-4-20-13-6-11(8-17)5-12-15(13)21-9-14(19)16(12)7-10(2)18/h5-6,8H,3-4,7,9H2,1-2H3. The van der Waals surface area contributed by atoms with Crippen molar-refractivity contribution in [3.8, 4) is 11.5 Å². The Morgan fingerprint density at radius 3 is 2.86 bits per heavy atom. The number of ether oxygens (including phenoxy) is 2. The summed E-state index contributed by atoms with van der Waals surface area (Å²) in [6.45, 7) is 3.63. The number of ketones is 1. The van der Waals surface area contributed by atoms with Crippen molar-refractivity contribution in [1.82, 2.24) is 0 Å². The zero-order valence-electron chi connectivity index (χ0n) is 12.0. The molecule has 1 aliphatic heterocycles. The number of benzene rings is 1. The molecule has 1 amide bonds. The molecule has 1 heterocycles. The highest BCUT2D eigenvalue weighted by atomic mass is 16.5. The third-order valence-electron chi connectivity index (χ3n) is 2.97. The van der Waals surface area contributed by atoms with Crippen LogP contribution in [0.5, 0.6) is 11.5 Å².